The van der Waals surface area contributed by atoms with E-state index in [1.807, 2.05) is 12.1 Å². The van der Waals surface area contributed by atoms with Crippen LogP contribution in [0.3, 0.4) is 0 Å². The molecule has 2 N–H and O–H groups in total. The van der Waals surface area contributed by atoms with Crippen LogP contribution in [-0.2, 0) is 6.54 Å². The van der Waals surface area contributed by atoms with Crippen molar-refractivity contribution in [1.82, 2.24) is 10.2 Å². The molecule has 0 aromatic carbocycles. The van der Waals surface area contributed by atoms with Gasteiger partial charge in [-0.05, 0) is 37.8 Å². The summed E-state index contributed by atoms with van der Waals surface area (Å²) in [6, 6.07) is 4.55. The molecule has 0 aliphatic carbocycles. The molecule has 0 spiro atoms. The van der Waals surface area contributed by atoms with E-state index in [4.69, 9.17) is 5.73 Å². The van der Waals surface area contributed by atoms with Crippen molar-refractivity contribution in [2.45, 2.75) is 39.3 Å². The molecule has 0 bridgehead atoms. The first-order valence-corrected chi connectivity index (χ1v) is 6.00. The molecule has 1 aromatic rings. The molecule has 1 saturated heterocycles. The van der Waals surface area contributed by atoms with Gasteiger partial charge in [-0.3, -0.25) is 0 Å². The molecule has 88 valence electrons. The highest BCUT2D eigenvalue weighted by Gasteiger charge is 2.23. The lowest BCUT2D eigenvalue weighted by atomic mass is 9.93. The van der Waals surface area contributed by atoms with Crippen molar-refractivity contribution in [2.24, 2.45) is 11.7 Å². The molecule has 16 heavy (non-hydrogen) atoms. The van der Waals surface area contributed by atoms with E-state index < -0.39 is 0 Å². The number of hydrogen-bond acceptors (Lipinski definition) is 4. The second-order valence-corrected chi connectivity index (χ2v) is 4.76. The largest absolute Gasteiger partial charge is 0.352 e. The lowest BCUT2D eigenvalue weighted by molar-refractivity contribution is 0.375. The molecule has 2 atom stereocenters. The van der Waals surface area contributed by atoms with Gasteiger partial charge in [0.25, 0.3) is 0 Å². The molecule has 2 heterocycles. The van der Waals surface area contributed by atoms with Gasteiger partial charge in [-0.15, -0.1) is 5.10 Å². The van der Waals surface area contributed by atoms with Crippen molar-refractivity contribution in [2.75, 3.05) is 11.4 Å². The average Bonchev–Trinajstić information content (AvgIpc) is 2.29. The van der Waals surface area contributed by atoms with Crippen LogP contribution >= 0.6 is 0 Å². The topological polar surface area (TPSA) is 55.0 Å². The highest BCUT2D eigenvalue weighted by molar-refractivity contribution is 5.39. The van der Waals surface area contributed by atoms with E-state index in [1.165, 1.54) is 12.8 Å². The molecular weight excluding hydrogens is 200 g/mol. The summed E-state index contributed by atoms with van der Waals surface area (Å²) in [5, 5.41) is 8.35. The van der Waals surface area contributed by atoms with E-state index in [0.717, 1.165) is 24.0 Å². The number of aromatic nitrogens is 2. The summed E-state index contributed by atoms with van der Waals surface area (Å²) in [4.78, 5) is 2.34. The first-order valence-electron chi connectivity index (χ1n) is 6.00. The molecule has 1 aliphatic heterocycles. The molecule has 0 saturated carbocycles. The van der Waals surface area contributed by atoms with Crippen molar-refractivity contribution in [3.05, 3.63) is 17.8 Å². The van der Waals surface area contributed by atoms with Gasteiger partial charge in [0.2, 0.25) is 0 Å². The van der Waals surface area contributed by atoms with E-state index in [-0.39, 0.29) is 0 Å². The molecule has 0 radical (unpaired) electrons. The molecule has 1 aromatic heterocycles. The highest BCUT2D eigenvalue weighted by Crippen LogP contribution is 2.25. The van der Waals surface area contributed by atoms with E-state index in [0.29, 0.717) is 12.6 Å². The zero-order valence-corrected chi connectivity index (χ0v) is 10.1. The maximum atomic E-state index is 5.51. The minimum atomic E-state index is 0.458. The Balaban J connectivity index is 2.11. The van der Waals surface area contributed by atoms with Crippen molar-refractivity contribution in [3.63, 3.8) is 0 Å². The van der Waals surface area contributed by atoms with Crippen LogP contribution in [0.5, 0.6) is 0 Å². The minimum Gasteiger partial charge on any atom is -0.352 e. The van der Waals surface area contributed by atoms with Gasteiger partial charge in [-0.25, -0.2) is 0 Å². The normalized spacial score (nSPS) is 25.8. The summed E-state index contributed by atoms with van der Waals surface area (Å²) < 4.78 is 0. The van der Waals surface area contributed by atoms with Gasteiger partial charge in [0, 0.05) is 19.1 Å². The van der Waals surface area contributed by atoms with Crippen LogP contribution < -0.4 is 10.6 Å². The third kappa shape index (κ3) is 2.32. The van der Waals surface area contributed by atoms with Crippen LogP contribution in [0.1, 0.15) is 32.4 Å². The molecule has 4 nitrogen and oxygen atoms in total. The molecule has 2 rings (SSSR count). The molecule has 1 fully saturated rings. The van der Waals surface area contributed by atoms with Crippen LogP contribution in [0.25, 0.3) is 0 Å². The zero-order valence-electron chi connectivity index (χ0n) is 10.1. The first-order chi connectivity index (χ1) is 7.70. The van der Waals surface area contributed by atoms with Crippen LogP contribution in [0.15, 0.2) is 12.1 Å². The minimum absolute atomic E-state index is 0.458. The van der Waals surface area contributed by atoms with Gasteiger partial charge in [0.1, 0.15) is 0 Å². The van der Waals surface area contributed by atoms with Gasteiger partial charge in [-0.1, -0.05) is 6.92 Å². The summed E-state index contributed by atoms with van der Waals surface area (Å²) >= 11 is 0. The molecule has 0 amide bonds. The molecular formula is C12H20N4. The van der Waals surface area contributed by atoms with E-state index in [9.17, 15) is 0 Å². The Morgan fingerprint density at radius 2 is 2.19 bits per heavy atom. The summed E-state index contributed by atoms with van der Waals surface area (Å²) in [7, 11) is 0. The fraction of sp³-hybridized carbons (Fsp3) is 0.667. The maximum absolute atomic E-state index is 5.51. The average molecular weight is 220 g/mol. The van der Waals surface area contributed by atoms with Crippen LogP contribution in [0.4, 0.5) is 5.82 Å². The fourth-order valence-electron chi connectivity index (χ4n) is 2.36. The van der Waals surface area contributed by atoms with Crippen molar-refractivity contribution < 1.29 is 0 Å². The summed E-state index contributed by atoms with van der Waals surface area (Å²) in [6.45, 7) is 6.12. The first kappa shape index (κ1) is 11.3. The number of anilines is 1. The van der Waals surface area contributed by atoms with Gasteiger partial charge in [-0.2, -0.15) is 5.10 Å². The SMILES string of the molecule is CC1CCN(c2ccc(CN)nn2)C(C)C1. The molecule has 4 heteroatoms. The van der Waals surface area contributed by atoms with E-state index in [1.54, 1.807) is 0 Å². The van der Waals surface area contributed by atoms with Gasteiger partial charge in [0.05, 0.1) is 5.69 Å². The second kappa shape index (κ2) is 4.78. The number of piperidine rings is 1. The lowest BCUT2D eigenvalue weighted by Crippen LogP contribution is -2.40. The quantitative estimate of drug-likeness (QED) is 0.821. The van der Waals surface area contributed by atoms with Gasteiger partial charge in [0.15, 0.2) is 5.82 Å². The molecule has 1 aliphatic rings. The van der Waals surface area contributed by atoms with Crippen LogP contribution in [-0.4, -0.2) is 22.8 Å². The summed E-state index contributed by atoms with van der Waals surface area (Å²) in [5.74, 6) is 1.80. The molecule has 2 unspecified atom stereocenters. The third-order valence-corrected chi connectivity index (χ3v) is 3.35. The van der Waals surface area contributed by atoms with Crippen molar-refractivity contribution in [3.8, 4) is 0 Å². The number of rotatable bonds is 2. The number of hydrogen-bond donors (Lipinski definition) is 1. The fourth-order valence-corrected chi connectivity index (χ4v) is 2.36. The Morgan fingerprint density at radius 3 is 2.75 bits per heavy atom. The van der Waals surface area contributed by atoms with Gasteiger partial charge < -0.3 is 10.6 Å². The maximum Gasteiger partial charge on any atom is 0.151 e. The zero-order chi connectivity index (χ0) is 11.5. The third-order valence-electron chi connectivity index (χ3n) is 3.35. The van der Waals surface area contributed by atoms with Crippen LogP contribution in [0, 0.1) is 5.92 Å². The standard InChI is InChI=1S/C12H20N4/c1-9-5-6-16(10(2)7-9)12-4-3-11(8-13)14-15-12/h3-4,9-10H,5-8,13H2,1-2H3. The predicted molar refractivity (Wildman–Crippen MR) is 65.1 cm³/mol. The Labute approximate surface area is 96.9 Å². The summed E-state index contributed by atoms with van der Waals surface area (Å²) in [5.41, 5.74) is 6.36. The van der Waals surface area contributed by atoms with E-state index >= 15 is 0 Å². The summed E-state index contributed by atoms with van der Waals surface area (Å²) in [6.07, 6.45) is 2.48. The predicted octanol–water partition coefficient (Wildman–Crippen LogP) is 1.56. The van der Waals surface area contributed by atoms with E-state index in [2.05, 4.69) is 28.9 Å². The van der Waals surface area contributed by atoms with Crippen LogP contribution in [0.2, 0.25) is 0 Å². The second-order valence-electron chi connectivity index (χ2n) is 4.76. The monoisotopic (exact) mass is 220 g/mol. The van der Waals surface area contributed by atoms with Gasteiger partial charge >= 0.3 is 0 Å². The number of nitrogens with zero attached hydrogens (tertiary/aromatic N) is 3. The Bertz CT molecular complexity index is 335. The van der Waals surface area contributed by atoms with Crippen molar-refractivity contribution >= 4 is 5.82 Å². The Kier molecular flexibility index (Phi) is 3.39. The smallest absolute Gasteiger partial charge is 0.151 e. The van der Waals surface area contributed by atoms with Crippen molar-refractivity contribution in [1.29, 1.82) is 0 Å². The number of nitrogens with two attached hydrogens (primary N) is 1. The Hall–Kier alpha value is -1.16. The lowest BCUT2D eigenvalue weighted by Gasteiger charge is -2.37. The highest BCUT2D eigenvalue weighted by atomic mass is 15.3. The Morgan fingerprint density at radius 1 is 1.38 bits per heavy atom.